The van der Waals surface area contributed by atoms with Crippen LogP contribution in [0.4, 0.5) is 0 Å². The van der Waals surface area contributed by atoms with Gasteiger partial charge in [-0.2, -0.15) is 0 Å². The Kier molecular flexibility index (Phi) is 3.74. The van der Waals surface area contributed by atoms with Crippen LogP contribution in [0.25, 0.3) is 5.57 Å². The Morgan fingerprint density at radius 1 is 1.40 bits per heavy atom. The van der Waals surface area contributed by atoms with Crippen LogP contribution < -0.4 is 4.74 Å². The van der Waals surface area contributed by atoms with Crippen molar-refractivity contribution in [3.05, 3.63) is 34.9 Å². The van der Waals surface area contributed by atoms with E-state index in [9.17, 15) is 9.90 Å². The quantitative estimate of drug-likeness (QED) is 0.920. The van der Waals surface area contributed by atoms with Gasteiger partial charge < -0.3 is 9.84 Å². The third kappa shape index (κ3) is 2.16. The fraction of sp³-hybridized carbons (Fsp3) is 0.471. The summed E-state index contributed by atoms with van der Waals surface area (Å²) in [6.45, 7) is 7.71. The van der Waals surface area contributed by atoms with Gasteiger partial charge in [0.25, 0.3) is 0 Å². The van der Waals surface area contributed by atoms with E-state index in [2.05, 4.69) is 13.8 Å². The van der Waals surface area contributed by atoms with Gasteiger partial charge in [0.2, 0.25) is 0 Å². The second-order valence-electron chi connectivity index (χ2n) is 5.71. The van der Waals surface area contributed by atoms with Crippen LogP contribution in [0, 0.1) is 12.8 Å². The van der Waals surface area contributed by atoms with Gasteiger partial charge in [0, 0.05) is 5.56 Å². The van der Waals surface area contributed by atoms with Crippen LogP contribution in [0.1, 0.15) is 43.9 Å². The van der Waals surface area contributed by atoms with Gasteiger partial charge in [-0.3, -0.25) is 4.79 Å². The zero-order valence-electron chi connectivity index (χ0n) is 12.8. The summed E-state index contributed by atoms with van der Waals surface area (Å²) < 4.78 is 5.32. The minimum atomic E-state index is -1.48. The van der Waals surface area contributed by atoms with Crippen molar-refractivity contribution < 1.29 is 14.6 Å². The SMILES string of the molecule is CCC(C)C1=CC(=O)C(C)(O)c2cc(OC)c(C)cc21. The summed E-state index contributed by atoms with van der Waals surface area (Å²) >= 11 is 0. The predicted octanol–water partition coefficient (Wildman–Crippen LogP) is 3.22. The summed E-state index contributed by atoms with van der Waals surface area (Å²) in [4.78, 5) is 12.2. The Bertz CT molecular complexity index is 582. The molecule has 0 saturated heterocycles. The van der Waals surface area contributed by atoms with Crippen LogP contribution in [-0.2, 0) is 10.4 Å². The molecule has 0 heterocycles. The lowest BCUT2D eigenvalue weighted by Crippen LogP contribution is -2.35. The number of ketones is 1. The summed E-state index contributed by atoms with van der Waals surface area (Å²) in [5.74, 6) is 0.718. The van der Waals surface area contributed by atoms with Gasteiger partial charge in [0.1, 0.15) is 11.4 Å². The molecule has 1 aromatic carbocycles. The first-order valence-electron chi connectivity index (χ1n) is 7.00. The highest BCUT2D eigenvalue weighted by Crippen LogP contribution is 2.41. The Balaban J connectivity index is 2.72. The zero-order chi connectivity index (χ0) is 15.1. The first-order valence-corrected chi connectivity index (χ1v) is 7.00. The molecule has 3 nitrogen and oxygen atoms in total. The highest BCUT2D eigenvalue weighted by Gasteiger charge is 2.38. The van der Waals surface area contributed by atoms with E-state index in [1.807, 2.05) is 13.0 Å². The summed E-state index contributed by atoms with van der Waals surface area (Å²) in [5.41, 5.74) is 2.13. The van der Waals surface area contributed by atoms with E-state index in [0.29, 0.717) is 11.3 Å². The number of aryl methyl sites for hydroxylation is 1. The number of carbonyl (C=O) groups excluding carboxylic acids is 1. The van der Waals surface area contributed by atoms with Crippen LogP contribution in [0.2, 0.25) is 0 Å². The van der Waals surface area contributed by atoms with Crippen molar-refractivity contribution in [3.8, 4) is 5.75 Å². The average molecular weight is 274 g/mol. The molecule has 1 aliphatic carbocycles. The van der Waals surface area contributed by atoms with Crippen LogP contribution >= 0.6 is 0 Å². The summed E-state index contributed by atoms with van der Waals surface area (Å²) in [5, 5.41) is 10.5. The maximum absolute atomic E-state index is 12.2. The number of ether oxygens (including phenoxy) is 1. The van der Waals surface area contributed by atoms with Crippen molar-refractivity contribution >= 4 is 11.4 Å². The standard InChI is InChI=1S/C17H22O3/c1-6-10(2)12-8-16(18)17(4,19)14-9-15(20-5)11(3)7-13(12)14/h7-10,19H,6H2,1-5H3. The molecule has 1 N–H and O–H groups in total. The lowest BCUT2D eigenvalue weighted by atomic mass is 9.75. The molecular formula is C17H22O3. The van der Waals surface area contributed by atoms with Gasteiger partial charge in [-0.15, -0.1) is 0 Å². The van der Waals surface area contributed by atoms with E-state index < -0.39 is 5.60 Å². The molecule has 0 aliphatic heterocycles. The fourth-order valence-electron chi connectivity index (χ4n) is 2.67. The molecule has 0 amide bonds. The Morgan fingerprint density at radius 3 is 2.60 bits per heavy atom. The number of benzene rings is 1. The Morgan fingerprint density at radius 2 is 2.05 bits per heavy atom. The van der Waals surface area contributed by atoms with E-state index >= 15 is 0 Å². The van der Waals surface area contributed by atoms with Crippen LogP contribution in [0.15, 0.2) is 18.2 Å². The Labute approximate surface area is 120 Å². The minimum absolute atomic E-state index is 0.258. The van der Waals surface area contributed by atoms with Gasteiger partial charge in [0.15, 0.2) is 5.78 Å². The molecule has 20 heavy (non-hydrogen) atoms. The van der Waals surface area contributed by atoms with E-state index in [1.165, 1.54) is 0 Å². The first-order chi connectivity index (χ1) is 9.32. The molecule has 3 heteroatoms. The van der Waals surface area contributed by atoms with Gasteiger partial charge in [-0.05, 0) is 61.1 Å². The normalized spacial score (nSPS) is 23.1. The van der Waals surface area contributed by atoms with E-state index in [4.69, 9.17) is 4.74 Å². The molecule has 0 spiro atoms. The largest absolute Gasteiger partial charge is 0.496 e. The van der Waals surface area contributed by atoms with Crippen LogP contribution in [-0.4, -0.2) is 18.0 Å². The molecule has 0 saturated carbocycles. The third-order valence-electron chi connectivity index (χ3n) is 4.28. The van der Waals surface area contributed by atoms with Crippen LogP contribution in [0.5, 0.6) is 5.75 Å². The molecule has 2 atom stereocenters. The molecule has 2 unspecified atom stereocenters. The highest BCUT2D eigenvalue weighted by atomic mass is 16.5. The second-order valence-corrected chi connectivity index (χ2v) is 5.71. The number of aliphatic hydroxyl groups is 1. The number of methoxy groups -OCH3 is 1. The Hall–Kier alpha value is -1.61. The summed E-state index contributed by atoms with van der Waals surface area (Å²) in [6, 6.07) is 3.80. The van der Waals surface area contributed by atoms with Gasteiger partial charge in [0.05, 0.1) is 7.11 Å². The average Bonchev–Trinajstić information content (AvgIpc) is 2.41. The van der Waals surface area contributed by atoms with Crippen molar-refractivity contribution in [1.29, 1.82) is 0 Å². The van der Waals surface area contributed by atoms with Crippen molar-refractivity contribution in [2.45, 2.75) is 39.7 Å². The molecule has 2 rings (SSSR count). The minimum Gasteiger partial charge on any atom is -0.496 e. The van der Waals surface area contributed by atoms with Crippen LogP contribution in [0.3, 0.4) is 0 Å². The zero-order valence-corrected chi connectivity index (χ0v) is 12.8. The predicted molar refractivity (Wildman–Crippen MR) is 79.7 cm³/mol. The summed E-state index contributed by atoms with van der Waals surface area (Å²) in [6.07, 6.45) is 2.55. The van der Waals surface area contributed by atoms with E-state index in [0.717, 1.165) is 23.1 Å². The second kappa shape index (κ2) is 5.06. The molecule has 0 bridgehead atoms. The molecular weight excluding hydrogens is 252 g/mol. The molecule has 0 radical (unpaired) electrons. The molecule has 1 aliphatic rings. The van der Waals surface area contributed by atoms with Gasteiger partial charge in [-0.25, -0.2) is 0 Å². The number of hydrogen-bond acceptors (Lipinski definition) is 3. The highest BCUT2D eigenvalue weighted by molar-refractivity contribution is 6.06. The topological polar surface area (TPSA) is 46.5 Å². The number of rotatable bonds is 3. The third-order valence-corrected chi connectivity index (χ3v) is 4.28. The number of allylic oxidation sites excluding steroid dienone is 1. The molecule has 0 aromatic heterocycles. The molecule has 0 fully saturated rings. The number of fused-ring (bicyclic) bond motifs is 1. The molecule has 108 valence electrons. The monoisotopic (exact) mass is 274 g/mol. The van der Waals surface area contributed by atoms with E-state index in [1.54, 1.807) is 26.2 Å². The smallest absolute Gasteiger partial charge is 0.191 e. The van der Waals surface area contributed by atoms with Gasteiger partial charge >= 0.3 is 0 Å². The fourth-order valence-corrected chi connectivity index (χ4v) is 2.67. The van der Waals surface area contributed by atoms with Crippen molar-refractivity contribution in [1.82, 2.24) is 0 Å². The maximum atomic E-state index is 12.2. The van der Waals surface area contributed by atoms with E-state index in [-0.39, 0.29) is 11.7 Å². The summed E-state index contributed by atoms with van der Waals surface area (Å²) in [7, 11) is 1.60. The van der Waals surface area contributed by atoms with Crippen molar-refractivity contribution in [2.24, 2.45) is 5.92 Å². The number of hydrogen-bond donors (Lipinski definition) is 1. The molecule has 1 aromatic rings. The lowest BCUT2D eigenvalue weighted by Gasteiger charge is -2.32. The van der Waals surface area contributed by atoms with Gasteiger partial charge in [-0.1, -0.05) is 13.8 Å². The lowest BCUT2D eigenvalue weighted by molar-refractivity contribution is -0.131. The maximum Gasteiger partial charge on any atom is 0.191 e. The number of carbonyl (C=O) groups is 1. The first kappa shape index (κ1) is 14.8. The van der Waals surface area contributed by atoms with Crippen molar-refractivity contribution in [3.63, 3.8) is 0 Å². The van der Waals surface area contributed by atoms with Crippen molar-refractivity contribution in [2.75, 3.05) is 7.11 Å².